The van der Waals surface area contributed by atoms with Gasteiger partial charge in [0.05, 0.1) is 24.4 Å². The third-order valence-electron chi connectivity index (χ3n) is 4.21. The van der Waals surface area contributed by atoms with Gasteiger partial charge in [0.25, 0.3) is 5.91 Å². The number of carbonyl (C=O) groups is 1. The van der Waals surface area contributed by atoms with Crippen LogP contribution in [0.25, 0.3) is 22.0 Å². The Morgan fingerprint density at radius 2 is 2.14 bits per heavy atom. The van der Waals surface area contributed by atoms with Crippen molar-refractivity contribution in [2.45, 2.75) is 6.54 Å². The summed E-state index contributed by atoms with van der Waals surface area (Å²) in [5.74, 6) is 0.547. The Morgan fingerprint density at radius 1 is 1.27 bits per heavy atom. The molecule has 1 amide bonds. The number of benzene rings is 2. The zero-order chi connectivity index (χ0) is 15.3. The molecule has 110 valence electrons. The second-order valence-electron chi connectivity index (χ2n) is 5.39. The molecule has 3 aromatic rings. The predicted octanol–water partition coefficient (Wildman–Crippen LogP) is 2.49. The molecule has 0 unspecified atom stereocenters. The summed E-state index contributed by atoms with van der Waals surface area (Å²) in [6.07, 6.45) is 1.85. The summed E-state index contributed by atoms with van der Waals surface area (Å²) in [5.41, 5.74) is 4.83. The van der Waals surface area contributed by atoms with Gasteiger partial charge in [-0.1, -0.05) is 18.2 Å². The van der Waals surface area contributed by atoms with Crippen molar-refractivity contribution in [3.8, 4) is 16.9 Å². The van der Waals surface area contributed by atoms with Gasteiger partial charge in [-0.15, -0.1) is 0 Å². The fourth-order valence-corrected chi connectivity index (χ4v) is 3.07. The van der Waals surface area contributed by atoms with Gasteiger partial charge in [0.15, 0.2) is 0 Å². The molecule has 1 N–H and O–H groups in total. The van der Waals surface area contributed by atoms with Gasteiger partial charge in [-0.05, 0) is 28.8 Å². The van der Waals surface area contributed by atoms with Gasteiger partial charge >= 0.3 is 0 Å². The van der Waals surface area contributed by atoms with Crippen LogP contribution in [-0.4, -0.2) is 22.8 Å². The maximum absolute atomic E-state index is 12.0. The van der Waals surface area contributed by atoms with Crippen LogP contribution in [0.2, 0.25) is 0 Å². The van der Waals surface area contributed by atoms with Gasteiger partial charge in [-0.25, -0.2) is 0 Å². The molecule has 0 fully saturated rings. The first-order valence-electron chi connectivity index (χ1n) is 7.09. The second kappa shape index (κ2) is 4.59. The van der Waals surface area contributed by atoms with Crippen LogP contribution in [0, 0.1) is 0 Å². The van der Waals surface area contributed by atoms with Gasteiger partial charge < -0.3 is 10.1 Å². The summed E-state index contributed by atoms with van der Waals surface area (Å²) in [7, 11) is 3.51. The van der Waals surface area contributed by atoms with E-state index in [0.29, 0.717) is 17.9 Å². The second-order valence-corrected chi connectivity index (χ2v) is 5.39. The Labute approximate surface area is 127 Å². The Morgan fingerprint density at radius 3 is 2.95 bits per heavy atom. The van der Waals surface area contributed by atoms with E-state index in [1.54, 1.807) is 7.11 Å². The van der Waals surface area contributed by atoms with Gasteiger partial charge in [0.1, 0.15) is 5.75 Å². The highest BCUT2D eigenvalue weighted by Gasteiger charge is 2.26. The Balaban J connectivity index is 1.95. The Hall–Kier alpha value is -2.82. The van der Waals surface area contributed by atoms with Crippen LogP contribution in [0.1, 0.15) is 15.9 Å². The van der Waals surface area contributed by atoms with Crippen LogP contribution in [0.5, 0.6) is 5.75 Å². The van der Waals surface area contributed by atoms with Crippen molar-refractivity contribution in [1.82, 2.24) is 15.1 Å². The van der Waals surface area contributed by atoms with Crippen LogP contribution >= 0.6 is 0 Å². The summed E-state index contributed by atoms with van der Waals surface area (Å²) in [4.78, 5) is 12.0. The van der Waals surface area contributed by atoms with Crippen molar-refractivity contribution >= 4 is 16.8 Å². The average Bonchev–Trinajstić information content (AvgIpc) is 3.11. The van der Waals surface area contributed by atoms with Crippen LogP contribution in [-0.2, 0) is 13.6 Å². The zero-order valence-electron chi connectivity index (χ0n) is 12.4. The van der Waals surface area contributed by atoms with Gasteiger partial charge in [-0.3, -0.25) is 9.48 Å². The summed E-state index contributed by atoms with van der Waals surface area (Å²) >= 11 is 0. The third-order valence-corrected chi connectivity index (χ3v) is 4.21. The lowest BCUT2D eigenvalue weighted by Crippen LogP contribution is -2.13. The topological polar surface area (TPSA) is 56.2 Å². The normalized spacial score (nSPS) is 13.3. The summed E-state index contributed by atoms with van der Waals surface area (Å²) in [5, 5.41) is 8.25. The van der Waals surface area contributed by atoms with Crippen LogP contribution in [0.15, 0.2) is 36.5 Å². The number of amides is 1. The first-order chi connectivity index (χ1) is 10.7. The van der Waals surface area contributed by atoms with E-state index in [-0.39, 0.29) is 5.91 Å². The van der Waals surface area contributed by atoms with Crippen molar-refractivity contribution in [1.29, 1.82) is 0 Å². The molecule has 22 heavy (non-hydrogen) atoms. The van der Waals surface area contributed by atoms with E-state index >= 15 is 0 Å². The van der Waals surface area contributed by atoms with Crippen molar-refractivity contribution < 1.29 is 9.53 Å². The largest absolute Gasteiger partial charge is 0.496 e. The fourth-order valence-electron chi connectivity index (χ4n) is 3.07. The molecule has 1 aliphatic rings. The molecule has 1 aromatic heterocycles. The Kier molecular flexibility index (Phi) is 2.69. The number of hydrogen-bond acceptors (Lipinski definition) is 3. The van der Waals surface area contributed by atoms with Crippen LogP contribution < -0.4 is 10.1 Å². The number of carbonyl (C=O) groups excluding carboxylic acids is 1. The zero-order valence-corrected chi connectivity index (χ0v) is 12.4. The minimum atomic E-state index is -0.0738. The predicted molar refractivity (Wildman–Crippen MR) is 83.9 cm³/mol. The van der Waals surface area contributed by atoms with E-state index in [9.17, 15) is 4.79 Å². The maximum Gasteiger partial charge on any atom is 0.255 e. The molecule has 2 aromatic carbocycles. The van der Waals surface area contributed by atoms with E-state index in [2.05, 4.69) is 28.6 Å². The highest BCUT2D eigenvalue weighted by Crippen LogP contribution is 2.35. The number of ether oxygens (including phenoxy) is 1. The monoisotopic (exact) mass is 293 g/mol. The quantitative estimate of drug-likeness (QED) is 0.790. The minimum absolute atomic E-state index is 0.0738. The number of fused-ring (bicyclic) bond motifs is 2. The van der Waals surface area contributed by atoms with Crippen LogP contribution in [0.3, 0.4) is 0 Å². The fraction of sp³-hybridized carbons (Fsp3) is 0.176. The van der Waals surface area contributed by atoms with Gasteiger partial charge in [0, 0.05) is 19.0 Å². The summed E-state index contributed by atoms with van der Waals surface area (Å²) in [6.45, 7) is 0.532. The smallest absolute Gasteiger partial charge is 0.255 e. The summed E-state index contributed by atoms with van der Waals surface area (Å²) in [6, 6.07) is 10.1. The molecule has 0 saturated carbocycles. The molecule has 0 bridgehead atoms. The third kappa shape index (κ3) is 1.72. The lowest BCUT2D eigenvalue weighted by Gasteiger charge is -2.11. The average molecular weight is 293 g/mol. The number of nitrogens with zero attached hydrogens (tertiary/aromatic N) is 2. The highest BCUT2D eigenvalue weighted by atomic mass is 16.5. The van der Waals surface area contributed by atoms with Crippen molar-refractivity contribution in [2.75, 3.05) is 7.11 Å². The van der Waals surface area contributed by atoms with Gasteiger partial charge in [-0.2, -0.15) is 5.10 Å². The van der Waals surface area contributed by atoms with Crippen molar-refractivity contribution in [3.05, 3.63) is 47.7 Å². The molecule has 5 heteroatoms. The van der Waals surface area contributed by atoms with E-state index in [1.165, 1.54) is 0 Å². The first kappa shape index (κ1) is 12.9. The number of rotatable bonds is 2. The van der Waals surface area contributed by atoms with E-state index in [0.717, 1.165) is 27.6 Å². The highest BCUT2D eigenvalue weighted by molar-refractivity contribution is 6.03. The molecule has 0 spiro atoms. The lowest BCUT2D eigenvalue weighted by atomic mass is 9.95. The van der Waals surface area contributed by atoms with E-state index in [4.69, 9.17) is 4.74 Å². The standard InChI is InChI=1S/C17H15N3O2/c1-20-14-7-10(3-4-11(14)8-19-20)12-5-6-15(22-2)16-13(12)9-18-17(16)21/h3-8H,9H2,1-2H3,(H,18,21). The molecule has 0 atom stereocenters. The summed E-state index contributed by atoms with van der Waals surface area (Å²) < 4.78 is 7.17. The molecular weight excluding hydrogens is 278 g/mol. The molecule has 5 nitrogen and oxygen atoms in total. The number of methoxy groups -OCH3 is 1. The first-order valence-corrected chi connectivity index (χ1v) is 7.09. The SMILES string of the molecule is COc1ccc(-c2ccc3cnn(C)c3c2)c2c1C(=O)NC2. The van der Waals surface area contributed by atoms with Gasteiger partial charge in [0.2, 0.25) is 0 Å². The maximum atomic E-state index is 12.0. The van der Waals surface area contributed by atoms with Crippen molar-refractivity contribution in [2.24, 2.45) is 7.05 Å². The van der Waals surface area contributed by atoms with E-state index < -0.39 is 0 Å². The lowest BCUT2D eigenvalue weighted by molar-refractivity contribution is 0.0963. The molecule has 0 radical (unpaired) electrons. The number of aryl methyl sites for hydroxylation is 1. The minimum Gasteiger partial charge on any atom is -0.496 e. The van der Waals surface area contributed by atoms with Crippen LogP contribution in [0.4, 0.5) is 0 Å². The van der Waals surface area contributed by atoms with E-state index in [1.807, 2.05) is 30.1 Å². The molecule has 0 aliphatic carbocycles. The van der Waals surface area contributed by atoms with Crippen molar-refractivity contribution in [3.63, 3.8) is 0 Å². The molecular formula is C17H15N3O2. The Bertz CT molecular complexity index is 912. The number of nitrogens with one attached hydrogen (secondary N) is 1. The number of hydrogen-bond donors (Lipinski definition) is 1. The molecule has 1 aliphatic heterocycles. The molecule has 2 heterocycles. The number of aromatic nitrogens is 2. The molecule has 4 rings (SSSR count). The molecule has 0 saturated heterocycles.